The molecule has 0 saturated heterocycles. The molecule has 0 aliphatic heterocycles. The van der Waals surface area contributed by atoms with Gasteiger partial charge in [-0.05, 0) is 24.6 Å². The molecule has 0 aromatic heterocycles. The van der Waals surface area contributed by atoms with Crippen molar-refractivity contribution in [1.82, 2.24) is 0 Å². The van der Waals surface area contributed by atoms with Gasteiger partial charge in [-0.2, -0.15) is 5.26 Å². The molecule has 0 fully saturated rings. The van der Waals surface area contributed by atoms with Crippen LogP contribution in [0.3, 0.4) is 0 Å². The van der Waals surface area contributed by atoms with Crippen molar-refractivity contribution in [2.45, 2.75) is 20.8 Å². The van der Waals surface area contributed by atoms with E-state index in [-0.39, 0.29) is 0 Å². The van der Waals surface area contributed by atoms with Crippen LogP contribution < -0.4 is 5.73 Å². The topological polar surface area (TPSA) is 49.8 Å². The van der Waals surface area contributed by atoms with E-state index in [4.69, 9.17) is 22.6 Å². The maximum Gasteiger partial charge on any atom is 0.101 e. The maximum atomic E-state index is 8.56. The van der Waals surface area contributed by atoms with Crippen molar-refractivity contribution in [3.63, 3.8) is 0 Å². The molecule has 0 heterocycles. The van der Waals surface area contributed by atoms with Crippen LogP contribution in [0.25, 0.3) is 0 Å². The van der Waals surface area contributed by atoms with E-state index in [9.17, 15) is 0 Å². The molecule has 1 aromatic rings. The Labute approximate surface area is 83.9 Å². The summed E-state index contributed by atoms with van der Waals surface area (Å²) in [5, 5.41) is 8.97. The number of hydrogen-bond acceptors (Lipinski definition) is 2. The van der Waals surface area contributed by atoms with Gasteiger partial charge in [0.2, 0.25) is 0 Å². The van der Waals surface area contributed by atoms with Crippen LogP contribution in [0, 0.1) is 18.3 Å². The molecule has 70 valence electrons. The Kier molecular flexibility index (Phi) is 4.94. The minimum Gasteiger partial charge on any atom is -0.398 e. The molecule has 0 unspecified atom stereocenters. The lowest BCUT2D eigenvalue weighted by Gasteiger charge is -2.00. The maximum absolute atomic E-state index is 8.56. The summed E-state index contributed by atoms with van der Waals surface area (Å²) in [5.74, 6) is 0. The largest absolute Gasteiger partial charge is 0.398 e. The molecule has 13 heavy (non-hydrogen) atoms. The van der Waals surface area contributed by atoms with Gasteiger partial charge in [0.1, 0.15) is 6.07 Å². The zero-order valence-corrected chi connectivity index (χ0v) is 8.81. The molecular formula is C10H13ClN2. The number of aryl methyl sites for hydroxylation is 1. The number of anilines is 1. The Hall–Kier alpha value is -1.20. The van der Waals surface area contributed by atoms with Crippen LogP contribution in [0.1, 0.15) is 25.0 Å². The number of rotatable bonds is 0. The van der Waals surface area contributed by atoms with Crippen LogP contribution >= 0.6 is 11.6 Å². The number of nitriles is 1. The number of nitrogens with zero attached hydrogens (tertiary/aromatic N) is 1. The third-order valence-corrected chi connectivity index (χ3v) is 1.79. The second-order valence-electron chi connectivity index (χ2n) is 2.30. The molecule has 0 spiro atoms. The molecule has 1 aromatic carbocycles. The summed E-state index contributed by atoms with van der Waals surface area (Å²) < 4.78 is 0. The van der Waals surface area contributed by atoms with E-state index < -0.39 is 0 Å². The first-order chi connectivity index (χ1) is 6.15. The van der Waals surface area contributed by atoms with E-state index in [1.165, 1.54) is 0 Å². The lowest BCUT2D eigenvalue weighted by atomic mass is 10.1. The van der Waals surface area contributed by atoms with Crippen LogP contribution in [0.4, 0.5) is 5.69 Å². The molecule has 0 amide bonds. The van der Waals surface area contributed by atoms with E-state index in [0.717, 1.165) is 5.56 Å². The van der Waals surface area contributed by atoms with E-state index in [2.05, 4.69) is 0 Å². The van der Waals surface area contributed by atoms with Crippen molar-refractivity contribution < 1.29 is 0 Å². The molecule has 0 radical (unpaired) electrons. The highest BCUT2D eigenvalue weighted by Gasteiger charge is 2.01. The van der Waals surface area contributed by atoms with Gasteiger partial charge < -0.3 is 5.73 Å². The number of nitrogen functional groups attached to an aromatic ring is 1. The lowest BCUT2D eigenvalue weighted by molar-refractivity contribution is 1.42. The number of halogens is 1. The number of nitrogens with two attached hydrogens (primary N) is 1. The highest BCUT2D eigenvalue weighted by molar-refractivity contribution is 6.32. The van der Waals surface area contributed by atoms with Gasteiger partial charge in [-0.25, -0.2) is 0 Å². The van der Waals surface area contributed by atoms with Crippen molar-refractivity contribution in [2.24, 2.45) is 0 Å². The Morgan fingerprint density at radius 2 is 1.92 bits per heavy atom. The molecule has 0 bridgehead atoms. The summed E-state index contributed by atoms with van der Waals surface area (Å²) in [5.41, 5.74) is 7.52. The second-order valence-corrected chi connectivity index (χ2v) is 2.71. The fraction of sp³-hybridized carbons (Fsp3) is 0.300. The van der Waals surface area contributed by atoms with Crippen molar-refractivity contribution in [3.8, 4) is 6.07 Å². The van der Waals surface area contributed by atoms with Crippen LogP contribution in [-0.4, -0.2) is 0 Å². The summed E-state index contributed by atoms with van der Waals surface area (Å²) in [6, 6.07) is 5.25. The predicted molar refractivity (Wildman–Crippen MR) is 56.7 cm³/mol. The van der Waals surface area contributed by atoms with Crippen molar-refractivity contribution in [1.29, 1.82) is 5.26 Å². The average molecular weight is 197 g/mol. The monoisotopic (exact) mass is 196 g/mol. The van der Waals surface area contributed by atoms with Crippen molar-refractivity contribution in [2.75, 3.05) is 5.73 Å². The zero-order valence-electron chi connectivity index (χ0n) is 8.06. The Bertz CT molecular complexity index is 326. The lowest BCUT2D eigenvalue weighted by Crippen LogP contribution is -1.90. The molecular weight excluding hydrogens is 184 g/mol. The Morgan fingerprint density at radius 3 is 2.38 bits per heavy atom. The van der Waals surface area contributed by atoms with Crippen LogP contribution in [0.15, 0.2) is 12.1 Å². The normalized spacial score (nSPS) is 8.23. The molecule has 2 nitrogen and oxygen atoms in total. The summed E-state index contributed by atoms with van der Waals surface area (Å²) in [6.07, 6.45) is 0. The van der Waals surface area contributed by atoms with Gasteiger partial charge in [-0.3, -0.25) is 0 Å². The summed E-state index contributed by atoms with van der Waals surface area (Å²) in [7, 11) is 0. The molecule has 0 aliphatic carbocycles. The number of hydrogen-bond donors (Lipinski definition) is 1. The second kappa shape index (κ2) is 5.45. The summed E-state index contributed by atoms with van der Waals surface area (Å²) in [6.45, 7) is 5.84. The molecule has 0 atom stereocenters. The predicted octanol–water partition coefficient (Wildman–Crippen LogP) is 3.13. The van der Waals surface area contributed by atoms with Gasteiger partial charge in [-0.1, -0.05) is 25.4 Å². The molecule has 0 saturated carbocycles. The SMILES string of the molecule is CC.Cc1cc(C#N)c(Cl)cc1N. The molecule has 3 heteroatoms. The van der Waals surface area contributed by atoms with E-state index in [1.54, 1.807) is 12.1 Å². The first kappa shape index (κ1) is 11.8. The van der Waals surface area contributed by atoms with E-state index >= 15 is 0 Å². The van der Waals surface area contributed by atoms with Gasteiger partial charge in [0.15, 0.2) is 0 Å². The molecule has 1 rings (SSSR count). The zero-order chi connectivity index (χ0) is 10.4. The Balaban J connectivity index is 0.000000671. The minimum atomic E-state index is 0.413. The standard InChI is InChI=1S/C8H7ClN2.C2H6/c1-5-2-6(4-10)7(9)3-8(5)11;1-2/h2-3H,11H2,1H3;1-2H3. The van der Waals surface area contributed by atoms with Crippen molar-refractivity contribution >= 4 is 17.3 Å². The van der Waals surface area contributed by atoms with Gasteiger partial charge in [-0.15, -0.1) is 0 Å². The Morgan fingerprint density at radius 1 is 1.38 bits per heavy atom. The summed E-state index contributed by atoms with van der Waals surface area (Å²) in [4.78, 5) is 0. The van der Waals surface area contributed by atoms with Gasteiger partial charge in [0, 0.05) is 5.69 Å². The first-order valence-corrected chi connectivity index (χ1v) is 4.48. The molecule has 2 N–H and O–H groups in total. The van der Waals surface area contributed by atoms with Gasteiger partial charge in [0.05, 0.1) is 10.6 Å². The van der Waals surface area contributed by atoms with Crippen LogP contribution in [-0.2, 0) is 0 Å². The summed E-state index contributed by atoms with van der Waals surface area (Å²) >= 11 is 5.70. The average Bonchev–Trinajstić information content (AvgIpc) is 2.15. The fourth-order valence-corrected chi connectivity index (χ4v) is 0.997. The highest BCUT2D eigenvalue weighted by atomic mass is 35.5. The fourth-order valence-electron chi connectivity index (χ4n) is 0.783. The highest BCUT2D eigenvalue weighted by Crippen LogP contribution is 2.21. The third kappa shape index (κ3) is 2.96. The molecule has 0 aliphatic rings. The van der Waals surface area contributed by atoms with Crippen LogP contribution in [0.2, 0.25) is 5.02 Å². The van der Waals surface area contributed by atoms with E-state index in [0.29, 0.717) is 16.3 Å². The quantitative estimate of drug-likeness (QED) is 0.649. The van der Waals surface area contributed by atoms with Crippen LogP contribution in [0.5, 0.6) is 0 Å². The van der Waals surface area contributed by atoms with Crippen molar-refractivity contribution in [3.05, 3.63) is 28.3 Å². The van der Waals surface area contributed by atoms with E-state index in [1.807, 2.05) is 26.8 Å². The minimum absolute atomic E-state index is 0.413. The first-order valence-electron chi connectivity index (χ1n) is 4.11. The smallest absolute Gasteiger partial charge is 0.101 e. The van der Waals surface area contributed by atoms with Gasteiger partial charge >= 0.3 is 0 Å². The van der Waals surface area contributed by atoms with Gasteiger partial charge in [0.25, 0.3) is 0 Å². The number of benzene rings is 1. The third-order valence-electron chi connectivity index (χ3n) is 1.48.